The summed E-state index contributed by atoms with van der Waals surface area (Å²) in [5.41, 5.74) is 1.22. The first-order chi connectivity index (χ1) is 11.7. The summed E-state index contributed by atoms with van der Waals surface area (Å²) in [4.78, 5) is 4.29. The minimum Gasteiger partial charge on any atom is -0.464 e. The van der Waals surface area contributed by atoms with Crippen LogP contribution >= 0.6 is 24.0 Å². The Hall–Kier alpha value is -2.02. The second-order valence-electron chi connectivity index (χ2n) is 5.92. The Labute approximate surface area is 165 Å². The number of furan rings is 1. The van der Waals surface area contributed by atoms with Gasteiger partial charge in [0.2, 0.25) is 0 Å². The molecule has 1 atom stereocenters. The van der Waals surface area contributed by atoms with E-state index in [2.05, 4.69) is 65.0 Å². The van der Waals surface area contributed by atoms with E-state index in [1.165, 1.54) is 16.3 Å². The van der Waals surface area contributed by atoms with Crippen molar-refractivity contribution in [1.29, 1.82) is 0 Å². The lowest BCUT2D eigenvalue weighted by Gasteiger charge is -2.16. The highest BCUT2D eigenvalue weighted by molar-refractivity contribution is 14.0. The summed E-state index contributed by atoms with van der Waals surface area (Å²) in [6.45, 7) is 4.72. The molecule has 0 aliphatic carbocycles. The molecule has 2 N–H and O–H groups in total. The van der Waals surface area contributed by atoms with Crippen molar-refractivity contribution in [2.45, 2.75) is 26.4 Å². The average molecular weight is 449 g/mol. The molecule has 25 heavy (non-hydrogen) atoms. The highest BCUT2D eigenvalue weighted by atomic mass is 127. The number of benzene rings is 2. The SMILES string of the molecule is CN=C(NCc1ccc2ccccc2c1)NC(C)c1ccc(C)o1.I. The van der Waals surface area contributed by atoms with Gasteiger partial charge >= 0.3 is 0 Å². The number of rotatable bonds is 4. The number of aliphatic imine (C=N–C) groups is 1. The topological polar surface area (TPSA) is 49.6 Å². The second-order valence-corrected chi connectivity index (χ2v) is 5.92. The molecular formula is C20H24IN3O. The molecule has 3 aromatic rings. The number of aryl methyl sites for hydroxylation is 1. The van der Waals surface area contributed by atoms with Crippen molar-refractivity contribution in [2.24, 2.45) is 4.99 Å². The molecule has 0 saturated heterocycles. The number of nitrogens with one attached hydrogen (secondary N) is 2. The van der Waals surface area contributed by atoms with Gasteiger partial charge in [-0.05, 0) is 48.4 Å². The van der Waals surface area contributed by atoms with Gasteiger partial charge in [-0.1, -0.05) is 36.4 Å². The van der Waals surface area contributed by atoms with Crippen LogP contribution in [0.15, 0.2) is 64.0 Å². The molecule has 2 aromatic carbocycles. The Morgan fingerprint density at radius 3 is 2.52 bits per heavy atom. The van der Waals surface area contributed by atoms with Gasteiger partial charge in [-0.25, -0.2) is 0 Å². The van der Waals surface area contributed by atoms with E-state index >= 15 is 0 Å². The van der Waals surface area contributed by atoms with Crippen molar-refractivity contribution in [3.05, 3.63) is 71.7 Å². The zero-order valence-corrected chi connectivity index (χ0v) is 17.1. The Kier molecular flexibility index (Phi) is 6.87. The lowest BCUT2D eigenvalue weighted by molar-refractivity contribution is 0.441. The molecule has 0 bridgehead atoms. The van der Waals surface area contributed by atoms with Gasteiger partial charge in [-0.3, -0.25) is 4.99 Å². The zero-order chi connectivity index (χ0) is 16.9. The largest absolute Gasteiger partial charge is 0.464 e. The van der Waals surface area contributed by atoms with Gasteiger partial charge in [0.05, 0.1) is 6.04 Å². The molecule has 0 aliphatic rings. The normalized spacial score (nSPS) is 12.5. The highest BCUT2D eigenvalue weighted by Gasteiger charge is 2.11. The first kappa shape index (κ1) is 19.3. The van der Waals surface area contributed by atoms with Gasteiger partial charge < -0.3 is 15.1 Å². The summed E-state index contributed by atoms with van der Waals surface area (Å²) in [6.07, 6.45) is 0. The first-order valence-electron chi connectivity index (χ1n) is 8.17. The molecule has 4 nitrogen and oxygen atoms in total. The molecule has 132 valence electrons. The second kappa shape index (κ2) is 8.89. The van der Waals surface area contributed by atoms with Crippen molar-refractivity contribution in [3.8, 4) is 0 Å². The van der Waals surface area contributed by atoms with Crippen LogP contribution in [0.3, 0.4) is 0 Å². The third-order valence-electron chi connectivity index (χ3n) is 4.04. The van der Waals surface area contributed by atoms with E-state index in [4.69, 9.17) is 4.42 Å². The Bertz CT molecular complexity index is 857. The lowest BCUT2D eigenvalue weighted by Crippen LogP contribution is -2.38. The number of guanidine groups is 1. The van der Waals surface area contributed by atoms with Crippen LogP contribution in [0.25, 0.3) is 10.8 Å². The van der Waals surface area contributed by atoms with Gasteiger partial charge in [0.1, 0.15) is 11.5 Å². The van der Waals surface area contributed by atoms with Crippen LogP contribution < -0.4 is 10.6 Å². The van der Waals surface area contributed by atoms with Crippen molar-refractivity contribution >= 4 is 40.7 Å². The van der Waals surface area contributed by atoms with E-state index in [0.29, 0.717) is 6.54 Å². The van der Waals surface area contributed by atoms with Gasteiger partial charge in [-0.2, -0.15) is 0 Å². The third kappa shape index (κ3) is 4.98. The van der Waals surface area contributed by atoms with Crippen LogP contribution in [-0.4, -0.2) is 13.0 Å². The van der Waals surface area contributed by atoms with Gasteiger partial charge in [0.25, 0.3) is 0 Å². The van der Waals surface area contributed by atoms with Crippen LogP contribution in [0, 0.1) is 6.92 Å². The highest BCUT2D eigenvalue weighted by Crippen LogP contribution is 2.16. The average Bonchev–Trinajstić information content (AvgIpc) is 3.04. The molecule has 0 fully saturated rings. The van der Waals surface area contributed by atoms with Crippen molar-refractivity contribution < 1.29 is 4.42 Å². The minimum atomic E-state index is 0. The van der Waals surface area contributed by atoms with Crippen molar-refractivity contribution in [2.75, 3.05) is 7.05 Å². The molecule has 0 amide bonds. The number of hydrogen-bond acceptors (Lipinski definition) is 2. The third-order valence-corrected chi connectivity index (χ3v) is 4.04. The molecule has 0 radical (unpaired) electrons. The molecular weight excluding hydrogens is 425 g/mol. The number of halogens is 1. The quantitative estimate of drug-likeness (QED) is 0.342. The maximum absolute atomic E-state index is 5.66. The molecule has 5 heteroatoms. The fourth-order valence-corrected chi connectivity index (χ4v) is 2.69. The summed E-state index contributed by atoms with van der Waals surface area (Å²) in [7, 11) is 1.77. The maximum Gasteiger partial charge on any atom is 0.191 e. The molecule has 1 heterocycles. The fourth-order valence-electron chi connectivity index (χ4n) is 2.69. The van der Waals surface area contributed by atoms with Gasteiger partial charge in [0.15, 0.2) is 5.96 Å². The summed E-state index contributed by atoms with van der Waals surface area (Å²) >= 11 is 0. The molecule has 3 rings (SSSR count). The molecule has 1 aromatic heterocycles. The number of nitrogens with zero attached hydrogens (tertiary/aromatic N) is 1. The number of fused-ring (bicyclic) bond motifs is 1. The van der Waals surface area contributed by atoms with Crippen LogP contribution in [0.4, 0.5) is 0 Å². The first-order valence-corrected chi connectivity index (χ1v) is 8.17. The summed E-state index contributed by atoms with van der Waals surface area (Å²) in [6, 6.07) is 18.9. The Morgan fingerprint density at radius 2 is 1.84 bits per heavy atom. The number of hydrogen-bond donors (Lipinski definition) is 2. The van der Waals surface area contributed by atoms with E-state index in [1.54, 1.807) is 7.05 Å². The summed E-state index contributed by atoms with van der Waals surface area (Å²) in [5.74, 6) is 2.57. The van der Waals surface area contributed by atoms with E-state index in [0.717, 1.165) is 17.5 Å². The van der Waals surface area contributed by atoms with Gasteiger partial charge in [0, 0.05) is 13.6 Å². The predicted octanol–water partition coefficient (Wildman–Crippen LogP) is 4.79. The summed E-state index contributed by atoms with van der Waals surface area (Å²) < 4.78 is 5.66. The van der Waals surface area contributed by atoms with Crippen LogP contribution in [0.2, 0.25) is 0 Å². The fraction of sp³-hybridized carbons (Fsp3) is 0.250. The zero-order valence-electron chi connectivity index (χ0n) is 14.7. The van der Waals surface area contributed by atoms with Crippen molar-refractivity contribution in [3.63, 3.8) is 0 Å². The van der Waals surface area contributed by atoms with Crippen LogP contribution in [0.5, 0.6) is 0 Å². The van der Waals surface area contributed by atoms with Crippen LogP contribution in [-0.2, 0) is 6.54 Å². The van der Waals surface area contributed by atoms with E-state index in [-0.39, 0.29) is 30.0 Å². The van der Waals surface area contributed by atoms with Crippen LogP contribution in [0.1, 0.15) is 30.0 Å². The van der Waals surface area contributed by atoms with E-state index in [1.807, 2.05) is 19.1 Å². The molecule has 1 unspecified atom stereocenters. The van der Waals surface area contributed by atoms with E-state index in [9.17, 15) is 0 Å². The molecule has 0 spiro atoms. The molecule has 0 saturated carbocycles. The van der Waals surface area contributed by atoms with E-state index < -0.39 is 0 Å². The monoisotopic (exact) mass is 449 g/mol. The lowest BCUT2D eigenvalue weighted by atomic mass is 10.1. The minimum absolute atomic E-state index is 0. The Balaban J connectivity index is 0.00000225. The van der Waals surface area contributed by atoms with Crippen molar-refractivity contribution in [1.82, 2.24) is 10.6 Å². The smallest absolute Gasteiger partial charge is 0.191 e. The van der Waals surface area contributed by atoms with Gasteiger partial charge in [-0.15, -0.1) is 24.0 Å². The summed E-state index contributed by atoms with van der Waals surface area (Å²) in [5, 5.41) is 9.21. The maximum atomic E-state index is 5.66. The Morgan fingerprint density at radius 1 is 1.08 bits per heavy atom. The standard InChI is InChI=1S/C20H23N3O.HI/c1-14-8-11-19(24-14)15(2)23-20(21-3)22-13-16-9-10-17-6-4-5-7-18(17)12-16;/h4-12,15H,13H2,1-3H3,(H2,21,22,23);1H. The predicted molar refractivity (Wildman–Crippen MR) is 115 cm³/mol. The molecule has 0 aliphatic heterocycles.